The maximum Gasteiger partial charge on any atom is 0.335 e. The lowest BCUT2D eigenvalue weighted by molar-refractivity contribution is -0.122. The lowest BCUT2D eigenvalue weighted by Gasteiger charge is -2.26. The molecule has 4 aromatic carbocycles. The van der Waals surface area contributed by atoms with Gasteiger partial charge in [0.2, 0.25) is 0 Å². The number of amides is 4. The molecule has 0 aromatic heterocycles. The van der Waals surface area contributed by atoms with Gasteiger partial charge >= 0.3 is 6.03 Å². The molecule has 0 atom stereocenters. The molecule has 5 rings (SSSR count). The van der Waals surface area contributed by atoms with E-state index in [4.69, 9.17) is 25.8 Å². The molecule has 1 aliphatic rings. The van der Waals surface area contributed by atoms with Crippen LogP contribution in [0.1, 0.15) is 29.2 Å². The summed E-state index contributed by atoms with van der Waals surface area (Å²) in [6.45, 7) is 4.91. The van der Waals surface area contributed by atoms with Crippen LogP contribution in [-0.2, 0) is 22.8 Å². The molecular formula is C34H29ClN2O6. The normalized spacial score (nSPS) is 14.1. The fourth-order valence-electron chi connectivity index (χ4n) is 4.34. The first-order valence-corrected chi connectivity index (χ1v) is 14.0. The largest absolute Gasteiger partial charge is 0.490 e. The van der Waals surface area contributed by atoms with Crippen molar-refractivity contribution in [2.24, 2.45) is 0 Å². The Morgan fingerprint density at radius 2 is 1.42 bits per heavy atom. The predicted molar refractivity (Wildman–Crippen MR) is 164 cm³/mol. The predicted octanol–water partition coefficient (Wildman–Crippen LogP) is 6.87. The molecule has 1 N–H and O–H groups in total. The summed E-state index contributed by atoms with van der Waals surface area (Å²) in [5, 5.41) is 2.89. The average Bonchev–Trinajstić information content (AvgIpc) is 3.00. The molecule has 1 saturated heterocycles. The van der Waals surface area contributed by atoms with Gasteiger partial charge in [-0.05, 0) is 85.1 Å². The van der Waals surface area contributed by atoms with E-state index in [9.17, 15) is 14.4 Å². The Bertz CT molecular complexity index is 1670. The molecule has 43 heavy (non-hydrogen) atoms. The summed E-state index contributed by atoms with van der Waals surface area (Å²) in [4.78, 5) is 39.8. The Morgan fingerprint density at radius 1 is 0.767 bits per heavy atom. The van der Waals surface area contributed by atoms with Gasteiger partial charge in [-0.15, -0.1) is 0 Å². The van der Waals surface area contributed by atoms with Crippen molar-refractivity contribution in [3.63, 3.8) is 0 Å². The van der Waals surface area contributed by atoms with Crippen LogP contribution in [0.5, 0.6) is 17.2 Å². The molecule has 4 amide bonds. The Hall–Kier alpha value is -5.08. The molecule has 9 heteroatoms. The summed E-state index contributed by atoms with van der Waals surface area (Å²) in [5.41, 5.74) is 3.73. The van der Waals surface area contributed by atoms with E-state index >= 15 is 0 Å². The van der Waals surface area contributed by atoms with Gasteiger partial charge in [-0.3, -0.25) is 14.9 Å². The molecule has 0 unspecified atom stereocenters. The first kappa shape index (κ1) is 29.4. The van der Waals surface area contributed by atoms with E-state index in [1.165, 1.54) is 6.08 Å². The first-order chi connectivity index (χ1) is 20.8. The number of ether oxygens (including phenoxy) is 3. The van der Waals surface area contributed by atoms with Crippen molar-refractivity contribution < 1.29 is 28.6 Å². The van der Waals surface area contributed by atoms with E-state index < -0.39 is 17.8 Å². The molecule has 218 valence electrons. The van der Waals surface area contributed by atoms with Crippen LogP contribution in [0.25, 0.3) is 6.08 Å². The van der Waals surface area contributed by atoms with Crippen LogP contribution < -0.4 is 24.4 Å². The Balaban J connectivity index is 1.32. The summed E-state index contributed by atoms with van der Waals surface area (Å²) < 4.78 is 17.5. The summed E-state index contributed by atoms with van der Waals surface area (Å²) in [6.07, 6.45) is 1.42. The van der Waals surface area contributed by atoms with Crippen molar-refractivity contribution >= 4 is 41.2 Å². The molecule has 1 heterocycles. The van der Waals surface area contributed by atoms with Gasteiger partial charge in [0.05, 0.1) is 12.3 Å². The Morgan fingerprint density at radius 3 is 2.09 bits per heavy atom. The second kappa shape index (κ2) is 13.3. The SMILES string of the molecule is CCOc1cc(/C=C2\C(=O)NC(=O)N(c3ccc(OCc4ccc(C)cc4)cc3)C2=O)ccc1OCc1ccc(Cl)cc1. The number of hydrogen-bond donors (Lipinski definition) is 1. The Labute approximate surface area is 254 Å². The van der Waals surface area contributed by atoms with Crippen LogP contribution in [0.3, 0.4) is 0 Å². The number of carbonyl (C=O) groups excluding carboxylic acids is 3. The molecule has 0 saturated carbocycles. The highest BCUT2D eigenvalue weighted by molar-refractivity contribution is 6.39. The van der Waals surface area contributed by atoms with Gasteiger partial charge in [-0.2, -0.15) is 0 Å². The van der Waals surface area contributed by atoms with Crippen molar-refractivity contribution in [3.8, 4) is 17.2 Å². The number of nitrogens with zero attached hydrogens (tertiary/aromatic N) is 1. The van der Waals surface area contributed by atoms with E-state index in [2.05, 4.69) is 5.32 Å². The maximum atomic E-state index is 13.4. The molecule has 1 fully saturated rings. The van der Waals surface area contributed by atoms with Crippen molar-refractivity contribution in [2.45, 2.75) is 27.1 Å². The summed E-state index contributed by atoms with van der Waals surface area (Å²) in [7, 11) is 0. The molecule has 4 aromatic rings. The lowest BCUT2D eigenvalue weighted by Crippen LogP contribution is -2.54. The van der Waals surface area contributed by atoms with Gasteiger partial charge in [-0.1, -0.05) is 59.6 Å². The monoisotopic (exact) mass is 596 g/mol. The first-order valence-electron chi connectivity index (χ1n) is 13.6. The molecule has 0 spiro atoms. The van der Waals surface area contributed by atoms with Gasteiger partial charge < -0.3 is 14.2 Å². The van der Waals surface area contributed by atoms with Crippen molar-refractivity contribution in [1.82, 2.24) is 5.32 Å². The second-order valence-electron chi connectivity index (χ2n) is 9.78. The highest BCUT2D eigenvalue weighted by Gasteiger charge is 2.36. The van der Waals surface area contributed by atoms with Gasteiger partial charge in [0.25, 0.3) is 11.8 Å². The number of carbonyl (C=O) groups is 3. The van der Waals surface area contributed by atoms with Crippen LogP contribution in [0.4, 0.5) is 10.5 Å². The number of barbiturate groups is 1. The van der Waals surface area contributed by atoms with Gasteiger partial charge in [0, 0.05) is 5.02 Å². The van der Waals surface area contributed by atoms with Crippen LogP contribution >= 0.6 is 11.6 Å². The van der Waals surface area contributed by atoms with Crippen LogP contribution in [0.2, 0.25) is 5.02 Å². The van der Waals surface area contributed by atoms with E-state index in [0.717, 1.165) is 21.6 Å². The van der Waals surface area contributed by atoms with Gasteiger partial charge in [0.1, 0.15) is 24.5 Å². The topological polar surface area (TPSA) is 94.2 Å². The van der Waals surface area contributed by atoms with Crippen LogP contribution in [-0.4, -0.2) is 24.5 Å². The molecular weight excluding hydrogens is 568 g/mol. The number of rotatable bonds is 10. The lowest BCUT2D eigenvalue weighted by atomic mass is 10.1. The van der Waals surface area contributed by atoms with Gasteiger partial charge in [-0.25, -0.2) is 9.69 Å². The van der Waals surface area contributed by atoms with Crippen molar-refractivity contribution in [3.05, 3.63) is 124 Å². The summed E-state index contributed by atoms with van der Waals surface area (Å²) in [6, 6.07) is 26.1. The van der Waals surface area contributed by atoms with Gasteiger partial charge in [0.15, 0.2) is 11.5 Å². The zero-order valence-electron chi connectivity index (χ0n) is 23.6. The smallest absolute Gasteiger partial charge is 0.335 e. The highest BCUT2D eigenvalue weighted by atomic mass is 35.5. The number of halogens is 1. The number of nitrogens with one attached hydrogen (secondary N) is 1. The molecule has 1 aliphatic heterocycles. The third kappa shape index (κ3) is 7.23. The molecule has 8 nitrogen and oxygen atoms in total. The van der Waals surface area contributed by atoms with E-state index in [-0.39, 0.29) is 5.57 Å². The minimum atomic E-state index is -0.832. The van der Waals surface area contributed by atoms with Crippen LogP contribution in [0, 0.1) is 6.92 Å². The van der Waals surface area contributed by atoms with Crippen molar-refractivity contribution in [1.29, 1.82) is 0 Å². The van der Waals surface area contributed by atoms with Crippen molar-refractivity contribution in [2.75, 3.05) is 11.5 Å². The summed E-state index contributed by atoms with van der Waals surface area (Å²) >= 11 is 5.96. The quantitative estimate of drug-likeness (QED) is 0.159. The number of aryl methyl sites for hydroxylation is 1. The molecule has 0 radical (unpaired) electrons. The fourth-order valence-corrected chi connectivity index (χ4v) is 4.47. The zero-order chi connectivity index (χ0) is 30.3. The van der Waals surface area contributed by atoms with E-state index in [1.54, 1.807) is 54.6 Å². The fraction of sp³-hybridized carbons (Fsp3) is 0.147. The zero-order valence-corrected chi connectivity index (χ0v) is 24.4. The second-order valence-corrected chi connectivity index (χ2v) is 10.2. The number of urea groups is 1. The number of anilines is 1. The maximum absolute atomic E-state index is 13.4. The number of imide groups is 2. The molecule has 0 bridgehead atoms. The van der Waals surface area contributed by atoms with Crippen LogP contribution in [0.15, 0.2) is 96.6 Å². The minimum absolute atomic E-state index is 0.198. The standard InChI is InChI=1S/C34H29ClN2O6/c1-3-41-31-19-25(10-17-30(31)43-21-24-8-11-26(35)12-9-24)18-29-32(38)36-34(40)37(33(29)39)27-13-15-28(16-14-27)42-20-23-6-4-22(2)5-7-23/h4-19H,3,20-21H2,1-2H3,(H,36,38,40)/b29-18+. The average molecular weight is 597 g/mol. The highest BCUT2D eigenvalue weighted by Crippen LogP contribution is 2.31. The Kier molecular flexibility index (Phi) is 9.08. The third-order valence-electron chi connectivity index (χ3n) is 6.61. The third-order valence-corrected chi connectivity index (χ3v) is 6.86. The number of benzene rings is 4. The summed E-state index contributed by atoms with van der Waals surface area (Å²) in [5.74, 6) is -0.0141. The minimum Gasteiger partial charge on any atom is -0.490 e. The number of hydrogen-bond acceptors (Lipinski definition) is 6. The molecule has 0 aliphatic carbocycles. The van der Waals surface area contributed by atoms with E-state index in [0.29, 0.717) is 53.3 Å². The van der Waals surface area contributed by atoms with E-state index in [1.807, 2.05) is 50.2 Å².